The van der Waals surface area contributed by atoms with Gasteiger partial charge in [0.05, 0.1) is 11.4 Å². The van der Waals surface area contributed by atoms with Gasteiger partial charge in [0.2, 0.25) is 0 Å². The van der Waals surface area contributed by atoms with Crippen LogP contribution in [0.4, 0.5) is 17.1 Å². The fourth-order valence-electron chi connectivity index (χ4n) is 8.28. The summed E-state index contributed by atoms with van der Waals surface area (Å²) in [5.41, 5.74) is 12.7. The van der Waals surface area contributed by atoms with Gasteiger partial charge in [-0.05, 0) is 74.3 Å². The SMILES string of the molecule is CC1(C)c2ccccc2-c2cc(N(c3ccccc3-c3ccc4ccccc4c3)c3cc4oc5ccccc5c4c4ccccc34)ccc21. The summed E-state index contributed by atoms with van der Waals surface area (Å²) in [6.45, 7) is 4.68. The Hall–Kier alpha value is -6.12. The largest absolute Gasteiger partial charge is 0.456 e. The zero-order valence-corrected chi connectivity index (χ0v) is 27.4. The number of hydrogen-bond acceptors (Lipinski definition) is 2. The maximum Gasteiger partial charge on any atom is 0.138 e. The molecule has 0 fully saturated rings. The number of rotatable bonds is 4. The topological polar surface area (TPSA) is 16.4 Å². The van der Waals surface area contributed by atoms with E-state index in [2.05, 4.69) is 176 Å². The smallest absolute Gasteiger partial charge is 0.138 e. The van der Waals surface area contributed by atoms with Gasteiger partial charge < -0.3 is 9.32 Å². The van der Waals surface area contributed by atoms with Crippen molar-refractivity contribution >= 4 is 60.5 Å². The number of hydrogen-bond donors (Lipinski definition) is 0. The van der Waals surface area contributed by atoms with Gasteiger partial charge in [-0.15, -0.1) is 0 Å². The van der Waals surface area contributed by atoms with Crippen LogP contribution in [0.25, 0.3) is 65.7 Å². The summed E-state index contributed by atoms with van der Waals surface area (Å²) < 4.78 is 6.61. The Labute approximate surface area is 285 Å². The van der Waals surface area contributed by atoms with E-state index in [0.717, 1.165) is 39.0 Å². The molecular weight excluding hydrogens is 595 g/mol. The Morgan fingerprint density at radius 1 is 0.449 bits per heavy atom. The summed E-state index contributed by atoms with van der Waals surface area (Å²) in [6.07, 6.45) is 0. The van der Waals surface area contributed by atoms with Crippen molar-refractivity contribution in [1.29, 1.82) is 0 Å². The molecule has 8 aromatic carbocycles. The first-order valence-corrected chi connectivity index (χ1v) is 17.0. The minimum Gasteiger partial charge on any atom is -0.456 e. The fraction of sp³-hybridized carbons (Fsp3) is 0.0638. The lowest BCUT2D eigenvalue weighted by Gasteiger charge is -2.30. The molecule has 10 rings (SSSR count). The molecule has 0 aliphatic heterocycles. The molecule has 0 amide bonds. The Kier molecular flexibility index (Phi) is 5.95. The number of fused-ring (bicyclic) bond motifs is 9. The maximum absolute atomic E-state index is 6.61. The highest BCUT2D eigenvalue weighted by atomic mass is 16.3. The molecule has 0 saturated heterocycles. The lowest BCUT2D eigenvalue weighted by molar-refractivity contribution is 0.660. The molecule has 0 unspecified atom stereocenters. The van der Waals surface area contributed by atoms with Crippen molar-refractivity contribution in [2.75, 3.05) is 4.90 Å². The fourth-order valence-corrected chi connectivity index (χ4v) is 8.28. The molecule has 2 nitrogen and oxygen atoms in total. The van der Waals surface area contributed by atoms with E-state index < -0.39 is 0 Å². The molecule has 49 heavy (non-hydrogen) atoms. The zero-order chi connectivity index (χ0) is 32.7. The second-order valence-electron chi connectivity index (χ2n) is 13.7. The van der Waals surface area contributed by atoms with Gasteiger partial charge in [-0.2, -0.15) is 0 Å². The van der Waals surface area contributed by atoms with Crippen molar-refractivity contribution in [2.24, 2.45) is 0 Å². The van der Waals surface area contributed by atoms with Crippen molar-refractivity contribution in [3.05, 3.63) is 175 Å². The summed E-state index contributed by atoms with van der Waals surface area (Å²) >= 11 is 0. The van der Waals surface area contributed by atoms with Crippen LogP contribution in [-0.4, -0.2) is 0 Å². The van der Waals surface area contributed by atoms with Crippen LogP contribution in [-0.2, 0) is 5.41 Å². The van der Waals surface area contributed by atoms with Gasteiger partial charge in [-0.3, -0.25) is 0 Å². The van der Waals surface area contributed by atoms with Gasteiger partial charge in [-0.1, -0.05) is 141 Å². The number of anilines is 3. The highest BCUT2D eigenvalue weighted by molar-refractivity contribution is 6.22. The van der Waals surface area contributed by atoms with Gasteiger partial charge in [0.25, 0.3) is 0 Å². The predicted molar refractivity (Wildman–Crippen MR) is 206 cm³/mol. The van der Waals surface area contributed by atoms with E-state index >= 15 is 0 Å². The molecule has 0 saturated carbocycles. The van der Waals surface area contributed by atoms with E-state index in [9.17, 15) is 0 Å². The van der Waals surface area contributed by atoms with Crippen molar-refractivity contribution in [1.82, 2.24) is 0 Å². The van der Waals surface area contributed by atoms with E-state index in [1.54, 1.807) is 0 Å². The average molecular weight is 628 g/mol. The Balaban J connectivity index is 1.29. The quantitative estimate of drug-likeness (QED) is 0.193. The molecule has 9 aromatic rings. The minimum absolute atomic E-state index is 0.0713. The monoisotopic (exact) mass is 627 g/mol. The summed E-state index contributed by atoms with van der Waals surface area (Å²) in [4.78, 5) is 2.45. The Bertz CT molecular complexity index is 2770. The summed E-state index contributed by atoms with van der Waals surface area (Å²) in [7, 11) is 0. The Morgan fingerprint density at radius 2 is 1.12 bits per heavy atom. The van der Waals surface area contributed by atoms with E-state index in [0.29, 0.717) is 0 Å². The van der Waals surface area contributed by atoms with Crippen LogP contribution < -0.4 is 4.90 Å². The highest BCUT2D eigenvalue weighted by Gasteiger charge is 2.36. The summed E-state index contributed by atoms with van der Waals surface area (Å²) in [6, 6.07) is 59.5. The maximum atomic E-state index is 6.61. The van der Waals surface area contributed by atoms with Crippen LogP contribution >= 0.6 is 0 Å². The van der Waals surface area contributed by atoms with Gasteiger partial charge in [-0.25, -0.2) is 0 Å². The van der Waals surface area contributed by atoms with Crippen LogP contribution in [0.2, 0.25) is 0 Å². The molecule has 1 aromatic heterocycles. The molecule has 0 spiro atoms. The van der Waals surface area contributed by atoms with Gasteiger partial charge in [0.15, 0.2) is 0 Å². The zero-order valence-electron chi connectivity index (χ0n) is 27.4. The molecular formula is C47H33NO. The molecule has 1 heterocycles. The molecule has 1 aliphatic carbocycles. The minimum atomic E-state index is -0.0713. The van der Waals surface area contributed by atoms with Gasteiger partial charge in [0.1, 0.15) is 11.2 Å². The molecule has 0 N–H and O–H groups in total. The molecule has 0 bridgehead atoms. The molecule has 232 valence electrons. The van der Waals surface area contributed by atoms with Gasteiger partial charge >= 0.3 is 0 Å². The van der Waals surface area contributed by atoms with Crippen molar-refractivity contribution in [3.8, 4) is 22.3 Å². The first kappa shape index (κ1) is 27.9. The highest BCUT2D eigenvalue weighted by Crippen LogP contribution is 2.52. The standard InChI is InChI=1S/C47H33NO/c1-47(2)40-20-10-7-16-35(40)39-28-33(25-26-41(39)47)48(42-21-11-8-15-34(42)32-24-23-30-13-3-4-14-31(30)27-32)43-29-45-46(37-18-6-5-17-36(37)43)38-19-9-12-22-44(38)49-45/h3-29H,1-2H3. The molecule has 1 aliphatic rings. The third-order valence-corrected chi connectivity index (χ3v) is 10.6. The van der Waals surface area contributed by atoms with Crippen LogP contribution in [0, 0.1) is 0 Å². The predicted octanol–water partition coefficient (Wildman–Crippen LogP) is 13.3. The van der Waals surface area contributed by atoms with Crippen molar-refractivity contribution in [3.63, 3.8) is 0 Å². The van der Waals surface area contributed by atoms with E-state index in [1.807, 2.05) is 6.07 Å². The van der Waals surface area contributed by atoms with Gasteiger partial charge in [0, 0.05) is 38.9 Å². The normalized spacial score (nSPS) is 13.3. The lowest BCUT2D eigenvalue weighted by Crippen LogP contribution is -2.15. The second-order valence-corrected chi connectivity index (χ2v) is 13.7. The molecule has 0 radical (unpaired) electrons. The number of para-hydroxylation sites is 2. The lowest BCUT2D eigenvalue weighted by atomic mass is 9.82. The second kappa shape index (κ2) is 10.4. The van der Waals surface area contributed by atoms with Crippen LogP contribution in [0.15, 0.2) is 168 Å². The number of benzene rings is 8. The van der Waals surface area contributed by atoms with E-state index in [1.165, 1.54) is 54.9 Å². The molecule has 0 atom stereocenters. The summed E-state index contributed by atoms with van der Waals surface area (Å²) in [5.74, 6) is 0. The van der Waals surface area contributed by atoms with Crippen LogP contribution in [0.1, 0.15) is 25.0 Å². The van der Waals surface area contributed by atoms with E-state index in [-0.39, 0.29) is 5.41 Å². The first-order chi connectivity index (χ1) is 24.1. The number of nitrogens with zero attached hydrogens (tertiary/aromatic N) is 1. The first-order valence-electron chi connectivity index (χ1n) is 17.0. The van der Waals surface area contributed by atoms with E-state index in [4.69, 9.17) is 4.42 Å². The van der Waals surface area contributed by atoms with Crippen LogP contribution in [0.5, 0.6) is 0 Å². The molecule has 2 heteroatoms. The summed E-state index contributed by atoms with van der Waals surface area (Å²) in [5, 5.41) is 7.12. The van der Waals surface area contributed by atoms with Crippen LogP contribution in [0.3, 0.4) is 0 Å². The average Bonchev–Trinajstić information content (AvgIpc) is 3.64. The third-order valence-electron chi connectivity index (χ3n) is 10.6. The van der Waals surface area contributed by atoms with Crippen molar-refractivity contribution in [2.45, 2.75) is 19.3 Å². The third kappa shape index (κ3) is 4.14. The number of furan rings is 1. The van der Waals surface area contributed by atoms with Crippen molar-refractivity contribution < 1.29 is 4.42 Å². The Morgan fingerprint density at radius 3 is 2.00 bits per heavy atom.